The Labute approximate surface area is 164 Å². The van der Waals surface area contributed by atoms with Gasteiger partial charge in [0.05, 0.1) is 0 Å². The molecule has 1 aromatic rings. The van der Waals surface area contributed by atoms with E-state index in [0.717, 1.165) is 42.9 Å². The third-order valence-corrected chi connectivity index (χ3v) is 7.45. The number of nitrogens with zero attached hydrogens (tertiary/aromatic N) is 4. The fourth-order valence-corrected chi connectivity index (χ4v) is 5.17. The molecule has 0 amide bonds. The van der Waals surface area contributed by atoms with E-state index in [1.165, 1.54) is 0 Å². The Hall–Kier alpha value is -0.710. The SMILES string of the molecule is CN1CCN(S(=O)(=O)N2CCN(CCOc3cccc(Br)c3)CC2)CC1. The van der Waals surface area contributed by atoms with Gasteiger partial charge in [-0.2, -0.15) is 17.0 Å². The van der Waals surface area contributed by atoms with Gasteiger partial charge in [0.15, 0.2) is 0 Å². The fourth-order valence-electron chi connectivity index (χ4n) is 3.22. The summed E-state index contributed by atoms with van der Waals surface area (Å²) in [5.41, 5.74) is 0. The number of hydrogen-bond acceptors (Lipinski definition) is 5. The van der Waals surface area contributed by atoms with Crippen LogP contribution in [0.3, 0.4) is 0 Å². The number of likely N-dealkylation sites (N-methyl/N-ethyl adjacent to an activating group) is 1. The monoisotopic (exact) mass is 446 g/mol. The Balaban J connectivity index is 1.42. The summed E-state index contributed by atoms with van der Waals surface area (Å²) < 4.78 is 35.6. The largest absolute Gasteiger partial charge is 0.492 e. The number of benzene rings is 1. The lowest BCUT2D eigenvalue weighted by Gasteiger charge is -2.39. The average molecular weight is 447 g/mol. The van der Waals surface area contributed by atoms with Crippen LogP contribution >= 0.6 is 15.9 Å². The van der Waals surface area contributed by atoms with Crippen LogP contribution in [0.2, 0.25) is 0 Å². The van der Waals surface area contributed by atoms with E-state index in [-0.39, 0.29) is 0 Å². The molecule has 0 radical (unpaired) electrons. The summed E-state index contributed by atoms with van der Waals surface area (Å²) >= 11 is 3.43. The van der Waals surface area contributed by atoms with Crippen molar-refractivity contribution in [1.29, 1.82) is 0 Å². The standard InChI is InChI=1S/C17H27BrN4O3S/c1-19-5-9-21(10-6-19)26(23,24)22-11-7-20(8-12-22)13-14-25-17-4-2-3-16(18)15-17/h2-4,15H,5-14H2,1H3. The van der Waals surface area contributed by atoms with Crippen LogP contribution in [0.4, 0.5) is 0 Å². The zero-order valence-corrected chi connectivity index (χ0v) is 17.6. The summed E-state index contributed by atoms with van der Waals surface area (Å²) in [6, 6.07) is 7.79. The third kappa shape index (κ3) is 5.17. The zero-order valence-electron chi connectivity index (χ0n) is 15.2. The molecular formula is C17H27BrN4O3S. The maximum atomic E-state index is 12.8. The summed E-state index contributed by atoms with van der Waals surface area (Å²) in [4.78, 5) is 4.42. The Morgan fingerprint density at radius 2 is 1.62 bits per heavy atom. The highest BCUT2D eigenvalue weighted by atomic mass is 79.9. The maximum Gasteiger partial charge on any atom is 0.282 e. The molecule has 3 rings (SSSR count). The van der Waals surface area contributed by atoms with Crippen molar-refractivity contribution in [2.45, 2.75) is 0 Å². The Kier molecular flexibility index (Phi) is 6.92. The van der Waals surface area contributed by atoms with Gasteiger partial charge in [-0.25, -0.2) is 0 Å². The van der Waals surface area contributed by atoms with Gasteiger partial charge >= 0.3 is 0 Å². The summed E-state index contributed by atoms with van der Waals surface area (Å²) in [7, 11) is -1.30. The number of rotatable bonds is 6. The molecule has 0 aromatic heterocycles. The molecule has 26 heavy (non-hydrogen) atoms. The van der Waals surface area contributed by atoms with Crippen molar-refractivity contribution >= 4 is 26.1 Å². The second-order valence-electron chi connectivity index (χ2n) is 6.76. The van der Waals surface area contributed by atoms with E-state index >= 15 is 0 Å². The van der Waals surface area contributed by atoms with Crippen LogP contribution in [0.25, 0.3) is 0 Å². The smallest absolute Gasteiger partial charge is 0.282 e. The molecular weight excluding hydrogens is 420 g/mol. The molecule has 0 spiro atoms. The second kappa shape index (κ2) is 8.99. The molecule has 0 atom stereocenters. The molecule has 7 nitrogen and oxygen atoms in total. The summed E-state index contributed by atoms with van der Waals surface area (Å²) in [6.45, 7) is 6.74. The molecule has 2 fully saturated rings. The van der Waals surface area contributed by atoms with E-state index in [2.05, 4.69) is 25.7 Å². The first-order valence-electron chi connectivity index (χ1n) is 8.99. The summed E-state index contributed by atoms with van der Waals surface area (Å²) in [5.74, 6) is 0.843. The van der Waals surface area contributed by atoms with Gasteiger partial charge in [-0.1, -0.05) is 22.0 Å². The highest BCUT2D eigenvalue weighted by Crippen LogP contribution is 2.18. The van der Waals surface area contributed by atoms with Crippen LogP contribution in [0.5, 0.6) is 5.75 Å². The first-order valence-corrected chi connectivity index (χ1v) is 11.2. The van der Waals surface area contributed by atoms with Crippen molar-refractivity contribution in [3.63, 3.8) is 0 Å². The van der Waals surface area contributed by atoms with Gasteiger partial charge in [-0.05, 0) is 25.2 Å². The van der Waals surface area contributed by atoms with Gasteiger partial charge in [0.25, 0.3) is 10.2 Å². The quantitative estimate of drug-likeness (QED) is 0.650. The minimum Gasteiger partial charge on any atom is -0.492 e. The fraction of sp³-hybridized carbons (Fsp3) is 0.647. The minimum absolute atomic E-state index is 0.547. The van der Waals surface area contributed by atoms with Crippen molar-refractivity contribution in [2.24, 2.45) is 0 Å². The van der Waals surface area contributed by atoms with Gasteiger partial charge in [-0.3, -0.25) is 4.90 Å². The predicted molar refractivity (Wildman–Crippen MR) is 106 cm³/mol. The molecule has 0 aliphatic carbocycles. The lowest BCUT2D eigenvalue weighted by Crippen LogP contribution is -2.56. The van der Waals surface area contributed by atoms with Crippen LogP contribution in [-0.2, 0) is 10.2 Å². The summed E-state index contributed by atoms with van der Waals surface area (Å²) in [5, 5.41) is 0. The predicted octanol–water partition coefficient (Wildman–Crippen LogP) is 0.938. The highest BCUT2D eigenvalue weighted by molar-refractivity contribution is 9.10. The molecule has 0 N–H and O–H groups in total. The first kappa shape index (κ1) is 20.0. The third-order valence-electron chi connectivity index (χ3n) is 4.92. The number of piperazine rings is 2. The number of ether oxygens (including phenoxy) is 1. The van der Waals surface area contributed by atoms with Gasteiger partial charge in [0.1, 0.15) is 12.4 Å². The number of hydrogen-bond donors (Lipinski definition) is 0. The van der Waals surface area contributed by atoms with Crippen molar-refractivity contribution < 1.29 is 13.2 Å². The molecule has 2 saturated heterocycles. The lowest BCUT2D eigenvalue weighted by molar-refractivity contribution is 0.149. The van der Waals surface area contributed by atoms with E-state index in [0.29, 0.717) is 32.8 Å². The van der Waals surface area contributed by atoms with Gasteiger partial charge in [-0.15, -0.1) is 0 Å². The molecule has 0 saturated carbocycles. The first-order chi connectivity index (χ1) is 12.4. The van der Waals surface area contributed by atoms with Gasteiger partial charge < -0.3 is 9.64 Å². The molecule has 2 heterocycles. The Bertz CT molecular complexity index is 687. The molecule has 2 aliphatic heterocycles. The maximum absolute atomic E-state index is 12.8. The Morgan fingerprint density at radius 3 is 2.23 bits per heavy atom. The molecule has 146 valence electrons. The van der Waals surface area contributed by atoms with E-state index in [1.54, 1.807) is 8.61 Å². The highest BCUT2D eigenvalue weighted by Gasteiger charge is 2.33. The van der Waals surface area contributed by atoms with Crippen molar-refractivity contribution in [1.82, 2.24) is 18.4 Å². The second-order valence-corrected chi connectivity index (χ2v) is 9.60. The van der Waals surface area contributed by atoms with Crippen LogP contribution in [0, 0.1) is 0 Å². The van der Waals surface area contributed by atoms with Crippen molar-refractivity contribution in [3.05, 3.63) is 28.7 Å². The van der Waals surface area contributed by atoms with E-state index in [1.807, 2.05) is 31.3 Å². The average Bonchev–Trinajstić information content (AvgIpc) is 2.63. The van der Waals surface area contributed by atoms with Crippen molar-refractivity contribution in [2.75, 3.05) is 72.6 Å². The molecule has 0 bridgehead atoms. The van der Waals surface area contributed by atoms with E-state index in [4.69, 9.17) is 4.74 Å². The van der Waals surface area contributed by atoms with E-state index < -0.39 is 10.2 Å². The lowest BCUT2D eigenvalue weighted by atomic mass is 10.3. The minimum atomic E-state index is -3.32. The molecule has 0 unspecified atom stereocenters. The molecule has 9 heteroatoms. The normalized spacial score (nSPS) is 21.8. The van der Waals surface area contributed by atoms with Gasteiger partial charge in [0, 0.05) is 63.4 Å². The zero-order chi connectivity index (χ0) is 18.6. The van der Waals surface area contributed by atoms with Crippen LogP contribution in [-0.4, -0.2) is 99.4 Å². The van der Waals surface area contributed by atoms with Crippen LogP contribution < -0.4 is 4.74 Å². The van der Waals surface area contributed by atoms with Crippen molar-refractivity contribution in [3.8, 4) is 5.75 Å². The van der Waals surface area contributed by atoms with Crippen LogP contribution in [0.1, 0.15) is 0 Å². The number of halogens is 1. The topological polar surface area (TPSA) is 56.3 Å². The molecule has 1 aromatic carbocycles. The Morgan fingerprint density at radius 1 is 1.00 bits per heavy atom. The van der Waals surface area contributed by atoms with Gasteiger partial charge in [0.2, 0.25) is 0 Å². The van der Waals surface area contributed by atoms with E-state index in [9.17, 15) is 8.42 Å². The molecule has 2 aliphatic rings. The summed E-state index contributed by atoms with van der Waals surface area (Å²) in [6.07, 6.45) is 0. The van der Waals surface area contributed by atoms with Crippen LogP contribution in [0.15, 0.2) is 28.7 Å².